The van der Waals surface area contributed by atoms with Gasteiger partial charge in [0.2, 0.25) is 0 Å². The van der Waals surface area contributed by atoms with Gasteiger partial charge in [0.05, 0.1) is 11.5 Å². The molecule has 1 N–H and O–H groups in total. The lowest BCUT2D eigenvalue weighted by Crippen LogP contribution is -2.44. The lowest BCUT2D eigenvalue weighted by molar-refractivity contribution is 0.0659. The summed E-state index contributed by atoms with van der Waals surface area (Å²) in [5.74, 6) is 0.512. The highest BCUT2D eigenvalue weighted by Crippen LogP contribution is 2.24. The Bertz CT molecular complexity index is 1010. The molecule has 0 atom stereocenters. The van der Waals surface area contributed by atoms with Crippen LogP contribution < -0.4 is 9.46 Å². The number of benzene rings is 2. The zero-order valence-corrected chi connectivity index (χ0v) is 19.4. The van der Waals surface area contributed by atoms with Gasteiger partial charge in [0, 0.05) is 24.3 Å². The highest BCUT2D eigenvalue weighted by atomic mass is 32.2. The molecule has 1 fully saturated rings. The number of carbonyl (C=O) groups is 1. The van der Waals surface area contributed by atoms with Crippen LogP contribution in [-0.4, -0.2) is 64.0 Å². The van der Waals surface area contributed by atoms with Gasteiger partial charge in [0.15, 0.2) is 0 Å². The summed E-state index contributed by atoms with van der Waals surface area (Å²) in [6.07, 6.45) is 1.82. The zero-order chi connectivity index (χ0) is 22.6. The number of ether oxygens (including phenoxy) is 1. The average molecular weight is 446 g/mol. The number of rotatable bonds is 7. The number of hydrogen-bond donors (Lipinski definition) is 1. The van der Waals surface area contributed by atoms with Crippen LogP contribution in [0.2, 0.25) is 0 Å². The molecule has 0 unspecified atom stereocenters. The SMILES string of the molecule is CCOc1ccc(NS(=O)(=O)c2cc(C(=O)N(C)C3CCN(C)CC3)ccc2C)cc1. The minimum atomic E-state index is -3.85. The molecule has 31 heavy (non-hydrogen) atoms. The largest absolute Gasteiger partial charge is 0.494 e. The van der Waals surface area contributed by atoms with Crippen LogP contribution in [0.1, 0.15) is 35.7 Å². The molecule has 0 bridgehead atoms. The summed E-state index contributed by atoms with van der Waals surface area (Å²) in [5.41, 5.74) is 1.39. The second-order valence-corrected chi connectivity index (χ2v) is 9.64. The molecule has 0 saturated carbocycles. The second-order valence-electron chi connectivity index (χ2n) is 7.99. The van der Waals surface area contributed by atoms with Crippen molar-refractivity contribution in [2.24, 2.45) is 0 Å². The first kappa shape index (κ1) is 23.1. The van der Waals surface area contributed by atoms with Gasteiger partial charge < -0.3 is 14.5 Å². The van der Waals surface area contributed by atoms with Crippen molar-refractivity contribution in [2.75, 3.05) is 38.5 Å². The molecule has 2 aromatic carbocycles. The molecule has 1 aliphatic heterocycles. The first-order valence-corrected chi connectivity index (χ1v) is 12.0. The molecule has 0 spiro atoms. The van der Waals surface area contributed by atoms with Crippen molar-refractivity contribution >= 4 is 21.6 Å². The monoisotopic (exact) mass is 445 g/mol. The van der Waals surface area contributed by atoms with Gasteiger partial charge in [0.25, 0.3) is 15.9 Å². The summed E-state index contributed by atoms with van der Waals surface area (Å²) >= 11 is 0. The number of anilines is 1. The van der Waals surface area contributed by atoms with Gasteiger partial charge in [-0.15, -0.1) is 0 Å². The fourth-order valence-corrected chi connectivity index (χ4v) is 5.10. The molecule has 0 aromatic heterocycles. The minimum Gasteiger partial charge on any atom is -0.494 e. The maximum absolute atomic E-state index is 13.1. The molecular formula is C23H31N3O4S. The molecule has 0 radical (unpaired) electrons. The van der Waals surface area contributed by atoms with Gasteiger partial charge in [-0.2, -0.15) is 0 Å². The molecular weight excluding hydrogens is 414 g/mol. The molecule has 1 heterocycles. The third-order valence-electron chi connectivity index (χ3n) is 5.70. The lowest BCUT2D eigenvalue weighted by atomic mass is 10.0. The maximum atomic E-state index is 13.1. The van der Waals surface area contributed by atoms with Crippen molar-refractivity contribution < 1.29 is 17.9 Å². The fraction of sp³-hybridized carbons (Fsp3) is 0.435. The van der Waals surface area contributed by atoms with Gasteiger partial charge >= 0.3 is 0 Å². The van der Waals surface area contributed by atoms with Crippen LogP contribution in [0.3, 0.4) is 0 Å². The van der Waals surface area contributed by atoms with Crippen molar-refractivity contribution in [3.05, 3.63) is 53.6 Å². The molecule has 7 nitrogen and oxygen atoms in total. The van der Waals surface area contributed by atoms with Gasteiger partial charge in [-0.25, -0.2) is 8.42 Å². The number of nitrogens with zero attached hydrogens (tertiary/aromatic N) is 2. The van der Waals surface area contributed by atoms with Gasteiger partial charge in [-0.1, -0.05) is 6.07 Å². The summed E-state index contributed by atoms with van der Waals surface area (Å²) in [5, 5.41) is 0. The standard InChI is InChI=1S/C23H31N3O4S/c1-5-30-21-10-8-19(9-11-21)24-31(28,29)22-16-18(7-6-17(22)2)23(27)26(4)20-12-14-25(3)15-13-20/h6-11,16,20,24H,5,12-15H2,1-4H3. The van der Waals surface area contributed by atoms with E-state index in [1.807, 2.05) is 6.92 Å². The van der Waals surface area contributed by atoms with Crippen molar-refractivity contribution in [1.82, 2.24) is 9.80 Å². The number of nitrogens with one attached hydrogen (secondary N) is 1. The van der Waals surface area contributed by atoms with E-state index < -0.39 is 10.0 Å². The van der Waals surface area contributed by atoms with E-state index in [1.165, 1.54) is 6.07 Å². The summed E-state index contributed by atoms with van der Waals surface area (Å²) in [7, 11) is 0.0208. The zero-order valence-electron chi connectivity index (χ0n) is 18.6. The number of aryl methyl sites for hydroxylation is 1. The average Bonchev–Trinajstić information content (AvgIpc) is 2.75. The molecule has 8 heteroatoms. The second kappa shape index (κ2) is 9.70. The van der Waals surface area contributed by atoms with Crippen LogP contribution in [0.15, 0.2) is 47.4 Å². The number of piperidine rings is 1. The van der Waals surface area contributed by atoms with Crippen LogP contribution in [0, 0.1) is 6.92 Å². The van der Waals surface area contributed by atoms with Crippen LogP contribution in [0.4, 0.5) is 5.69 Å². The van der Waals surface area contributed by atoms with Crippen LogP contribution >= 0.6 is 0 Å². The predicted molar refractivity (Wildman–Crippen MR) is 122 cm³/mol. The first-order chi connectivity index (χ1) is 14.7. The Morgan fingerprint density at radius 2 is 1.81 bits per heavy atom. The molecule has 168 valence electrons. The normalized spacial score (nSPS) is 15.5. The fourth-order valence-electron chi connectivity index (χ4n) is 3.77. The van der Waals surface area contributed by atoms with Crippen molar-refractivity contribution in [3.63, 3.8) is 0 Å². The van der Waals surface area contributed by atoms with E-state index in [-0.39, 0.29) is 16.8 Å². The summed E-state index contributed by atoms with van der Waals surface area (Å²) < 4.78 is 34.1. The number of sulfonamides is 1. The van der Waals surface area contributed by atoms with Gasteiger partial charge in [-0.3, -0.25) is 9.52 Å². The number of amides is 1. The molecule has 1 amide bonds. The highest BCUT2D eigenvalue weighted by Gasteiger charge is 2.26. The Balaban J connectivity index is 1.79. The molecule has 1 saturated heterocycles. The Kier molecular flexibility index (Phi) is 7.23. The molecule has 1 aliphatic rings. The van der Waals surface area contributed by atoms with Crippen molar-refractivity contribution in [2.45, 2.75) is 37.6 Å². The topological polar surface area (TPSA) is 78.9 Å². The third kappa shape index (κ3) is 5.57. The molecule has 3 rings (SSSR count). The van der Waals surface area contributed by atoms with E-state index in [0.29, 0.717) is 29.2 Å². The van der Waals surface area contributed by atoms with Gasteiger partial charge in [0.1, 0.15) is 5.75 Å². The number of carbonyl (C=O) groups excluding carboxylic acids is 1. The molecule has 2 aromatic rings. The molecule has 0 aliphatic carbocycles. The van der Waals surface area contributed by atoms with E-state index in [0.717, 1.165) is 25.9 Å². The van der Waals surface area contributed by atoms with E-state index in [4.69, 9.17) is 4.74 Å². The minimum absolute atomic E-state index is 0.101. The predicted octanol–water partition coefficient (Wildman–Crippen LogP) is 3.36. The third-order valence-corrected chi connectivity index (χ3v) is 7.22. The smallest absolute Gasteiger partial charge is 0.262 e. The van der Waals surface area contributed by atoms with E-state index >= 15 is 0 Å². The lowest BCUT2D eigenvalue weighted by Gasteiger charge is -2.35. The summed E-state index contributed by atoms with van der Waals surface area (Å²) in [6.45, 7) is 6.04. The van der Waals surface area contributed by atoms with E-state index in [9.17, 15) is 13.2 Å². The first-order valence-electron chi connectivity index (χ1n) is 10.5. The Morgan fingerprint density at radius 1 is 1.16 bits per heavy atom. The van der Waals surface area contributed by atoms with Crippen molar-refractivity contribution in [1.29, 1.82) is 0 Å². The van der Waals surface area contributed by atoms with Crippen LogP contribution in [-0.2, 0) is 10.0 Å². The summed E-state index contributed by atoms with van der Waals surface area (Å²) in [6, 6.07) is 11.7. The number of likely N-dealkylation sites (tertiary alicyclic amines) is 1. The Hall–Kier alpha value is -2.58. The maximum Gasteiger partial charge on any atom is 0.262 e. The van der Waals surface area contributed by atoms with Gasteiger partial charge in [-0.05, 0) is 88.8 Å². The van der Waals surface area contributed by atoms with Crippen LogP contribution in [0.5, 0.6) is 5.75 Å². The highest BCUT2D eigenvalue weighted by molar-refractivity contribution is 7.92. The van der Waals surface area contributed by atoms with E-state index in [1.54, 1.807) is 55.3 Å². The summed E-state index contributed by atoms with van der Waals surface area (Å²) in [4.78, 5) is 17.1. The quantitative estimate of drug-likeness (QED) is 0.707. The van der Waals surface area contributed by atoms with Crippen LogP contribution in [0.25, 0.3) is 0 Å². The number of hydrogen-bond acceptors (Lipinski definition) is 5. The van der Waals surface area contributed by atoms with Crippen molar-refractivity contribution in [3.8, 4) is 5.75 Å². The van der Waals surface area contributed by atoms with E-state index in [2.05, 4.69) is 16.7 Å². The Labute approximate surface area is 185 Å². The Morgan fingerprint density at radius 3 is 2.42 bits per heavy atom.